The third kappa shape index (κ3) is 4.25. The fourth-order valence-corrected chi connectivity index (χ4v) is 5.64. The van der Waals surface area contributed by atoms with Crippen molar-refractivity contribution in [3.63, 3.8) is 0 Å². The molecular formula is C10H24O2Si. The molecule has 0 aromatic carbocycles. The largest absolute Gasteiger partial charge is 0.415 e. The minimum Gasteiger partial charge on any atom is -0.415 e. The van der Waals surface area contributed by atoms with Crippen molar-refractivity contribution in [2.45, 2.75) is 65.0 Å². The summed E-state index contributed by atoms with van der Waals surface area (Å²) in [7, 11) is -1.71. The Hall–Kier alpha value is 0.137. The second kappa shape index (κ2) is 5.13. The zero-order chi connectivity index (χ0) is 10.6. The number of hydrogen-bond donors (Lipinski definition) is 1. The van der Waals surface area contributed by atoms with E-state index in [9.17, 15) is 5.11 Å². The molecule has 0 spiro atoms. The quantitative estimate of drug-likeness (QED) is 0.698. The molecule has 1 N–H and O–H groups in total. The molecule has 2 atom stereocenters. The van der Waals surface area contributed by atoms with Gasteiger partial charge in [0.05, 0.1) is 6.10 Å². The van der Waals surface area contributed by atoms with E-state index in [4.69, 9.17) is 4.43 Å². The first-order valence-electron chi connectivity index (χ1n) is 5.17. The molecule has 80 valence electrons. The number of aliphatic hydroxyl groups is 1. The smallest absolute Gasteiger partial charge is 0.192 e. The number of rotatable bonds is 5. The lowest BCUT2D eigenvalue weighted by Crippen LogP contribution is -2.43. The average molecular weight is 204 g/mol. The van der Waals surface area contributed by atoms with Gasteiger partial charge < -0.3 is 9.53 Å². The van der Waals surface area contributed by atoms with Gasteiger partial charge in [-0.05, 0) is 33.9 Å². The maximum atomic E-state index is 9.62. The van der Waals surface area contributed by atoms with Gasteiger partial charge in [0, 0.05) is 11.6 Å². The first kappa shape index (κ1) is 13.1. The normalized spacial score (nSPS) is 17.5. The molecule has 0 aromatic rings. The van der Waals surface area contributed by atoms with E-state index in [1.165, 1.54) is 0 Å². The summed E-state index contributed by atoms with van der Waals surface area (Å²) in [6.07, 6.45) is 1.03. The molecule has 3 heteroatoms. The molecule has 0 aliphatic carbocycles. The molecule has 0 amide bonds. The molecule has 0 bridgehead atoms. The summed E-state index contributed by atoms with van der Waals surface area (Å²) in [4.78, 5) is 0. The number of aliphatic hydroxyl groups excluding tert-OH is 1. The van der Waals surface area contributed by atoms with Crippen LogP contribution in [0.15, 0.2) is 0 Å². The maximum absolute atomic E-state index is 9.62. The molecule has 13 heavy (non-hydrogen) atoms. The topological polar surface area (TPSA) is 29.5 Å². The van der Waals surface area contributed by atoms with E-state index < -0.39 is 8.32 Å². The fraction of sp³-hybridized carbons (Fsp3) is 1.00. The first-order chi connectivity index (χ1) is 5.81. The van der Waals surface area contributed by atoms with E-state index in [-0.39, 0.29) is 12.2 Å². The van der Waals surface area contributed by atoms with Crippen LogP contribution in [0.3, 0.4) is 0 Å². The van der Waals surface area contributed by atoms with E-state index >= 15 is 0 Å². The lowest BCUT2D eigenvalue weighted by molar-refractivity contribution is 0.155. The van der Waals surface area contributed by atoms with Crippen LogP contribution >= 0.6 is 0 Å². The van der Waals surface area contributed by atoms with Crippen LogP contribution in [0.2, 0.25) is 18.6 Å². The van der Waals surface area contributed by atoms with Crippen LogP contribution in [0.5, 0.6) is 0 Å². The Labute approximate surface area is 83.4 Å². The summed E-state index contributed by atoms with van der Waals surface area (Å²) in [6.45, 7) is 12.5. The van der Waals surface area contributed by atoms with Crippen molar-refractivity contribution in [1.82, 2.24) is 0 Å². The summed E-state index contributed by atoms with van der Waals surface area (Å²) < 4.78 is 5.93. The average Bonchev–Trinajstić information content (AvgIpc) is 1.82. The molecule has 0 saturated heterocycles. The van der Waals surface area contributed by atoms with Gasteiger partial charge in [0.2, 0.25) is 0 Å². The highest BCUT2D eigenvalue weighted by atomic mass is 28.4. The van der Waals surface area contributed by atoms with Crippen LogP contribution in [0.4, 0.5) is 0 Å². The molecule has 2 nitrogen and oxygen atoms in total. The predicted molar refractivity (Wildman–Crippen MR) is 59.4 cm³/mol. The van der Waals surface area contributed by atoms with E-state index in [1.807, 2.05) is 6.92 Å². The van der Waals surface area contributed by atoms with E-state index in [2.05, 4.69) is 33.9 Å². The van der Waals surface area contributed by atoms with Crippen molar-refractivity contribution in [2.24, 2.45) is 0 Å². The summed E-state index contributed by atoms with van der Waals surface area (Å²) in [5.41, 5.74) is 0.342. The van der Waals surface area contributed by atoms with Crippen molar-refractivity contribution in [3.8, 4) is 0 Å². The van der Waals surface area contributed by atoms with Gasteiger partial charge >= 0.3 is 0 Å². The van der Waals surface area contributed by atoms with Crippen LogP contribution < -0.4 is 0 Å². The molecule has 0 fully saturated rings. The Morgan fingerprint density at radius 2 is 1.69 bits per heavy atom. The number of hydrogen-bond acceptors (Lipinski definition) is 2. The zero-order valence-electron chi connectivity index (χ0n) is 9.79. The molecule has 0 radical (unpaired) electrons. The van der Waals surface area contributed by atoms with Gasteiger partial charge in [-0.25, -0.2) is 0 Å². The van der Waals surface area contributed by atoms with Crippen LogP contribution in [-0.4, -0.2) is 25.6 Å². The Balaban J connectivity index is 4.37. The highest BCUT2D eigenvalue weighted by molar-refractivity contribution is 6.72. The summed E-state index contributed by atoms with van der Waals surface area (Å²) in [5, 5.41) is 9.62. The van der Waals surface area contributed by atoms with Gasteiger partial charge in [0.1, 0.15) is 0 Å². The Morgan fingerprint density at radius 1 is 1.23 bits per heavy atom. The SMILES string of the molecule is CC[C@H]([C@H](C)O)[Si](C)(C)OC(C)C. The standard InChI is InChI=1S/C10H24O2Si/c1-7-10(9(4)11)13(5,6)12-8(2)3/h8-11H,7H2,1-6H3/t9-,10+/m0/s1. The minimum atomic E-state index is -1.71. The predicted octanol–water partition coefficient (Wildman–Crippen LogP) is 2.78. The Morgan fingerprint density at radius 3 is 1.92 bits per heavy atom. The summed E-state index contributed by atoms with van der Waals surface area (Å²) in [5.74, 6) is 0. The van der Waals surface area contributed by atoms with Gasteiger partial charge in [-0.15, -0.1) is 0 Å². The monoisotopic (exact) mass is 204 g/mol. The third-order valence-corrected chi connectivity index (χ3v) is 6.21. The molecule has 0 aromatic heterocycles. The summed E-state index contributed by atoms with van der Waals surface area (Å²) >= 11 is 0. The minimum absolute atomic E-state index is 0.245. The summed E-state index contributed by atoms with van der Waals surface area (Å²) in [6, 6.07) is 0. The third-order valence-electron chi connectivity index (χ3n) is 2.45. The fourth-order valence-electron chi connectivity index (χ4n) is 2.11. The van der Waals surface area contributed by atoms with Crippen LogP contribution in [0.25, 0.3) is 0 Å². The molecule has 0 aliphatic rings. The van der Waals surface area contributed by atoms with Crippen LogP contribution in [0, 0.1) is 0 Å². The van der Waals surface area contributed by atoms with Crippen molar-refractivity contribution < 1.29 is 9.53 Å². The van der Waals surface area contributed by atoms with Crippen molar-refractivity contribution in [3.05, 3.63) is 0 Å². The van der Waals surface area contributed by atoms with Crippen LogP contribution in [-0.2, 0) is 4.43 Å². The van der Waals surface area contributed by atoms with Crippen LogP contribution in [0.1, 0.15) is 34.1 Å². The molecule has 0 saturated carbocycles. The Kier molecular flexibility index (Phi) is 5.18. The van der Waals surface area contributed by atoms with Gasteiger partial charge in [-0.1, -0.05) is 13.3 Å². The highest BCUT2D eigenvalue weighted by Crippen LogP contribution is 2.30. The van der Waals surface area contributed by atoms with Crippen molar-refractivity contribution >= 4 is 8.32 Å². The molecule has 0 rings (SSSR count). The highest BCUT2D eigenvalue weighted by Gasteiger charge is 2.36. The first-order valence-corrected chi connectivity index (χ1v) is 8.15. The maximum Gasteiger partial charge on any atom is 0.192 e. The molecular weight excluding hydrogens is 180 g/mol. The Bertz CT molecular complexity index is 144. The second-order valence-electron chi connectivity index (χ2n) is 4.53. The molecule has 0 heterocycles. The molecule has 0 aliphatic heterocycles. The van der Waals surface area contributed by atoms with E-state index in [0.29, 0.717) is 5.54 Å². The van der Waals surface area contributed by atoms with Crippen molar-refractivity contribution in [2.75, 3.05) is 0 Å². The molecule has 0 unspecified atom stereocenters. The second-order valence-corrected chi connectivity index (χ2v) is 8.71. The lowest BCUT2D eigenvalue weighted by Gasteiger charge is -2.35. The van der Waals surface area contributed by atoms with Gasteiger partial charge in [0.15, 0.2) is 8.32 Å². The van der Waals surface area contributed by atoms with E-state index in [1.54, 1.807) is 0 Å². The van der Waals surface area contributed by atoms with E-state index in [0.717, 1.165) is 6.42 Å². The lowest BCUT2D eigenvalue weighted by atomic mass is 10.2. The van der Waals surface area contributed by atoms with Crippen molar-refractivity contribution in [1.29, 1.82) is 0 Å². The van der Waals surface area contributed by atoms with Gasteiger partial charge in [-0.3, -0.25) is 0 Å². The van der Waals surface area contributed by atoms with Gasteiger partial charge in [0.25, 0.3) is 0 Å². The zero-order valence-corrected chi connectivity index (χ0v) is 10.8. The van der Waals surface area contributed by atoms with Gasteiger partial charge in [-0.2, -0.15) is 0 Å².